The fourth-order valence-electron chi connectivity index (χ4n) is 5.27. The van der Waals surface area contributed by atoms with Crippen LogP contribution in [-0.2, 0) is 0 Å². The number of aromatic nitrogens is 2. The summed E-state index contributed by atoms with van der Waals surface area (Å²) in [6.07, 6.45) is 16.8. The Bertz CT molecular complexity index is 1480. The Morgan fingerprint density at radius 1 is 1.07 bits per heavy atom. The standard InChI is InChI=1S/C35H39FN4/c1-6-12-29(28-13-15-38-16-14-28)31-21-35(39-25(31)5)24(4)30-20-32(33(36)22-34(30)37)27(8-3)19-26(7-2)23-40-17-10-9-11-18-40/h6-8,12-16,19-22,39H,1-2,4,9-11,17-18,23,37H2,3,5H3/b26-19+,27-8+,29-12-. The first-order valence-electron chi connectivity index (χ1n) is 13.8. The number of H-pyrrole nitrogens is 1. The third kappa shape index (κ3) is 6.49. The van der Waals surface area contributed by atoms with Crippen LogP contribution in [0.5, 0.6) is 0 Å². The smallest absolute Gasteiger partial charge is 0.133 e. The topological polar surface area (TPSA) is 57.9 Å². The normalized spacial score (nSPS) is 15.2. The zero-order valence-electron chi connectivity index (χ0n) is 23.6. The summed E-state index contributed by atoms with van der Waals surface area (Å²) < 4.78 is 15.3. The summed E-state index contributed by atoms with van der Waals surface area (Å²) in [5, 5.41) is 0. The van der Waals surface area contributed by atoms with Gasteiger partial charge in [-0.25, -0.2) is 4.39 Å². The van der Waals surface area contributed by atoms with Gasteiger partial charge in [0.25, 0.3) is 0 Å². The molecule has 0 aliphatic carbocycles. The summed E-state index contributed by atoms with van der Waals surface area (Å²) in [5.74, 6) is -0.364. The summed E-state index contributed by atoms with van der Waals surface area (Å²) in [5.41, 5.74) is 15.3. The molecular formula is C35H39FN4. The van der Waals surface area contributed by atoms with Gasteiger partial charge in [0.2, 0.25) is 0 Å². The van der Waals surface area contributed by atoms with E-state index in [0.29, 0.717) is 22.4 Å². The van der Waals surface area contributed by atoms with E-state index in [2.05, 4.69) is 40.7 Å². The van der Waals surface area contributed by atoms with Gasteiger partial charge in [-0.2, -0.15) is 0 Å². The average Bonchev–Trinajstić information content (AvgIpc) is 3.36. The van der Waals surface area contributed by atoms with E-state index in [-0.39, 0.29) is 5.82 Å². The molecule has 1 saturated heterocycles. The van der Waals surface area contributed by atoms with Gasteiger partial charge in [-0.05, 0) is 92.4 Å². The predicted octanol–water partition coefficient (Wildman–Crippen LogP) is 8.12. The first-order chi connectivity index (χ1) is 19.4. The molecule has 206 valence electrons. The highest BCUT2D eigenvalue weighted by Crippen LogP contribution is 2.35. The second kappa shape index (κ2) is 13.2. The lowest BCUT2D eigenvalue weighted by atomic mass is 9.94. The van der Waals surface area contributed by atoms with Gasteiger partial charge < -0.3 is 10.7 Å². The summed E-state index contributed by atoms with van der Waals surface area (Å²) in [6.45, 7) is 19.2. The highest BCUT2D eigenvalue weighted by atomic mass is 19.1. The van der Waals surface area contributed by atoms with Crippen LogP contribution in [0.2, 0.25) is 0 Å². The average molecular weight is 535 g/mol. The lowest BCUT2D eigenvalue weighted by molar-refractivity contribution is 0.248. The van der Waals surface area contributed by atoms with E-state index in [1.54, 1.807) is 24.5 Å². The number of halogens is 1. The number of rotatable bonds is 10. The maximum absolute atomic E-state index is 15.3. The van der Waals surface area contributed by atoms with Crippen molar-refractivity contribution in [3.63, 3.8) is 0 Å². The Hall–Kier alpha value is -4.22. The molecule has 1 aromatic carbocycles. The van der Waals surface area contributed by atoms with Gasteiger partial charge in [0.15, 0.2) is 0 Å². The largest absolute Gasteiger partial charge is 0.398 e. The molecule has 40 heavy (non-hydrogen) atoms. The summed E-state index contributed by atoms with van der Waals surface area (Å²) in [6, 6.07) is 9.19. The molecule has 2 aromatic heterocycles. The molecule has 0 saturated carbocycles. The molecule has 0 radical (unpaired) electrons. The number of nitrogens with two attached hydrogens (primary N) is 1. The molecule has 0 unspecified atom stereocenters. The molecule has 0 atom stereocenters. The van der Waals surface area contributed by atoms with E-state index in [4.69, 9.17) is 5.73 Å². The quantitative estimate of drug-likeness (QED) is 0.204. The van der Waals surface area contributed by atoms with Crippen molar-refractivity contribution in [3.8, 4) is 0 Å². The molecule has 3 heterocycles. The van der Waals surface area contributed by atoms with Crippen molar-refractivity contribution < 1.29 is 4.39 Å². The Balaban J connectivity index is 1.68. The number of anilines is 1. The molecule has 4 rings (SSSR count). The minimum absolute atomic E-state index is 0.340. The number of hydrogen-bond acceptors (Lipinski definition) is 3. The molecule has 0 bridgehead atoms. The number of aryl methyl sites for hydroxylation is 1. The molecule has 1 aliphatic rings. The van der Waals surface area contributed by atoms with E-state index in [1.165, 1.54) is 25.3 Å². The number of nitrogen functional groups attached to an aromatic ring is 1. The van der Waals surface area contributed by atoms with Crippen LogP contribution in [0, 0.1) is 12.7 Å². The summed E-state index contributed by atoms with van der Waals surface area (Å²) in [7, 11) is 0. The van der Waals surface area contributed by atoms with Crippen molar-refractivity contribution in [2.24, 2.45) is 0 Å². The molecule has 0 amide bonds. The van der Waals surface area contributed by atoms with Crippen LogP contribution in [0.25, 0.3) is 16.7 Å². The fraction of sp³-hybridized carbons (Fsp3) is 0.229. The van der Waals surface area contributed by atoms with Crippen LogP contribution in [0.1, 0.15) is 59.8 Å². The van der Waals surface area contributed by atoms with Gasteiger partial charge in [-0.15, -0.1) is 0 Å². The van der Waals surface area contributed by atoms with Gasteiger partial charge in [-0.3, -0.25) is 9.88 Å². The van der Waals surface area contributed by atoms with Crippen molar-refractivity contribution in [3.05, 3.63) is 138 Å². The maximum atomic E-state index is 15.3. The molecular weight excluding hydrogens is 495 g/mol. The molecule has 3 N–H and O–H groups in total. The maximum Gasteiger partial charge on any atom is 0.133 e. The Labute approximate surface area is 237 Å². The van der Waals surface area contributed by atoms with Crippen LogP contribution < -0.4 is 5.73 Å². The van der Waals surface area contributed by atoms with E-state index in [9.17, 15) is 0 Å². The third-order valence-corrected chi connectivity index (χ3v) is 7.45. The van der Waals surface area contributed by atoms with Gasteiger partial charge in [0, 0.05) is 58.3 Å². The lowest BCUT2D eigenvalue weighted by Crippen LogP contribution is -2.31. The number of piperidine rings is 1. The van der Waals surface area contributed by atoms with E-state index in [0.717, 1.165) is 58.9 Å². The number of likely N-dealkylation sites (tertiary alicyclic amines) is 1. The van der Waals surface area contributed by atoms with Crippen LogP contribution in [0.4, 0.5) is 10.1 Å². The highest BCUT2D eigenvalue weighted by molar-refractivity contribution is 5.89. The zero-order chi connectivity index (χ0) is 28.6. The molecule has 5 heteroatoms. The first-order valence-corrected chi connectivity index (χ1v) is 13.8. The number of nitrogens with one attached hydrogen (secondary N) is 1. The zero-order valence-corrected chi connectivity index (χ0v) is 23.6. The summed E-state index contributed by atoms with van der Waals surface area (Å²) >= 11 is 0. The van der Waals surface area contributed by atoms with Crippen molar-refractivity contribution in [1.82, 2.24) is 14.9 Å². The van der Waals surface area contributed by atoms with E-state index < -0.39 is 0 Å². The third-order valence-electron chi connectivity index (χ3n) is 7.45. The lowest BCUT2D eigenvalue weighted by Gasteiger charge is -2.26. The van der Waals surface area contributed by atoms with Crippen LogP contribution in [-0.4, -0.2) is 34.5 Å². The number of pyridine rings is 1. The van der Waals surface area contributed by atoms with Gasteiger partial charge >= 0.3 is 0 Å². The minimum Gasteiger partial charge on any atom is -0.398 e. The number of aromatic amines is 1. The Morgan fingerprint density at radius 2 is 1.80 bits per heavy atom. The Morgan fingerprint density at radius 3 is 2.45 bits per heavy atom. The molecule has 4 nitrogen and oxygen atoms in total. The van der Waals surface area contributed by atoms with E-state index >= 15 is 4.39 Å². The van der Waals surface area contributed by atoms with Crippen LogP contribution >= 0.6 is 0 Å². The number of hydrogen-bond donors (Lipinski definition) is 2. The van der Waals surface area contributed by atoms with Crippen molar-refractivity contribution in [2.45, 2.75) is 33.1 Å². The van der Waals surface area contributed by atoms with Crippen LogP contribution in [0.3, 0.4) is 0 Å². The molecule has 3 aromatic rings. The Kier molecular flexibility index (Phi) is 9.52. The van der Waals surface area contributed by atoms with Crippen molar-refractivity contribution >= 4 is 22.4 Å². The van der Waals surface area contributed by atoms with Crippen molar-refractivity contribution in [1.29, 1.82) is 0 Å². The predicted molar refractivity (Wildman–Crippen MR) is 168 cm³/mol. The summed E-state index contributed by atoms with van der Waals surface area (Å²) in [4.78, 5) is 10.0. The van der Waals surface area contributed by atoms with Crippen molar-refractivity contribution in [2.75, 3.05) is 25.4 Å². The monoisotopic (exact) mass is 534 g/mol. The van der Waals surface area contributed by atoms with Gasteiger partial charge in [-0.1, -0.05) is 56.5 Å². The first kappa shape index (κ1) is 28.8. The SMILES string of the molecule is C=C/C=C(/c1ccncc1)c1cc(C(=C)c2cc(C(/C=C(\C=C)CN3CCCCC3)=C/C)c(F)cc2N)[nH]c1C. The molecule has 0 spiro atoms. The number of nitrogens with zero attached hydrogens (tertiary/aromatic N) is 2. The van der Waals surface area contributed by atoms with Gasteiger partial charge in [0.1, 0.15) is 5.82 Å². The fourth-order valence-corrected chi connectivity index (χ4v) is 5.27. The van der Waals surface area contributed by atoms with Gasteiger partial charge in [0.05, 0.1) is 0 Å². The second-order valence-corrected chi connectivity index (χ2v) is 10.2. The number of benzene rings is 1. The highest BCUT2D eigenvalue weighted by Gasteiger charge is 2.18. The second-order valence-electron chi connectivity index (χ2n) is 10.2. The van der Waals surface area contributed by atoms with E-state index in [1.807, 2.05) is 50.3 Å². The molecule has 1 fully saturated rings. The molecule has 1 aliphatic heterocycles. The number of allylic oxidation sites excluding steroid dienone is 5. The van der Waals surface area contributed by atoms with Crippen LogP contribution in [0.15, 0.2) is 98.4 Å². The minimum atomic E-state index is -0.364.